The summed E-state index contributed by atoms with van der Waals surface area (Å²) in [4.78, 5) is 32.2. The molecule has 1 aliphatic rings. The quantitative estimate of drug-likeness (QED) is 0.430. The van der Waals surface area contributed by atoms with Gasteiger partial charge in [0.05, 0.1) is 25.4 Å². The molecule has 0 radical (unpaired) electrons. The summed E-state index contributed by atoms with van der Waals surface area (Å²) in [5.41, 5.74) is 1.10. The molecule has 0 bridgehead atoms. The highest BCUT2D eigenvalue weighted by Crippen LogP contribution is 2.21. The molecule has 1 aliphatic heterocycles. The monoisotopic (exact) mass is 397 g/mol. The lowest BCUT2D eigenvalue weighted by atomic mass is 10.1. The van der Waals surface area contributed by atoms with Crippen molar-refractivity contribution in [2.75, 3.05) is 51.5 Å². The Morgan fingerprint density at radius 3 is 2.90 bits per heavy atom. The standard InChI is InChI=1S/C20H23N5O4/c1-14-4-3-6-25-17(14)23-18(24-7-10-29-11-8-24)16(20(25)27)12-15(13-21)19(26)22-5-9-28-2/h3-4,6,12H,5,7-11H2,1-2H3,(H,22,26). The highest BCUT2D eigenvalue weighted by atomic mass is 16.5. The molecule has 29 heavy (non-hydrogen) atoms. The maximum atomic E-state index is 13.2. The lowest BCUT2D eigenvalue weighted by Gasteiger charge is -2.29. The van der Waals surface area contributed by atoms with E-state index in [0.717, 1.165) is 5.56 Å². The number of methoxy groups -OCH3 is 1. The number of fused-ring (bicyclic) bond motifs is 1. The van der Waals surface area contributed by atoms with Gasteiger partial charge in [0.1, 0.15) is 23.1 Å². The van der Waals surface area contributed by atoms with Gasteiger partial charge in [0, 0.05) is 32.9 Å². The maximum Gasteiger partial charge on any atom is 0.267 e. The van der Waals surface area contributed by atoms with Crippen LogP contribution in [0.3, 0.4) is 0 Å². The van der Waals surface area contributed by atoms with E-state index >= 15 is 0 Å². The van der Waals surface area contributed by atoms with Crippen LogP contribution in [0.2, 0.25) is 0 Å². The number of pyridine rings is 1. The number of morpholine rings is 1. The van der Waals surface area contributed by atoms with Crippen molar-refractivity contribution in [1.82, 2.24) is 14.7 Å². The zero-order chi connectivity index (χ0) is 20.8. The smallest absolute Gasteiger partial charge is 0.267 e. The predicted molar refractivity (Wildman–Crippen MR) is 108 cm³/mol. The molecule has 0 aromatic carbocycles. The van der Waals surface area contributed by atoms with Crippen molar-refractivity contribution in [1.29, 1.82) is 5.26 Å². The molecule has 2 aromatic heterocycles. The molecule has 0 unspecified atom stereocenters. The first-order valence-electron chi connectivity index (χ1n) is 9.30. The number of carbonyl (C=O) groups is 1. The van der Waals surface area contributed by atoms with E-state index in [0.29, 0.717) is 44.4 Å². The largest absolute Gasteiger partial charge is 0.383 e. The van der Waals surface area contributed by atoms with Crippen molar-refractivity contribution in [3.8, 4) is 6.07 Å². The van der Waals surface area contributed by atoms with Crippen LogP contribution in [0.1, 0.15) is 11.1 Å². The lowest BCUT2D eigenvalue weighted by Crippen LogP contribution is -2.39. The van der Waals surface area contributed by atoms with Gasteiger partial charge in [-0.1, -0.05) is 6.07 Å². The number of nitrogens with zero attached hydrogens (tertiary/aromatic N) is 4. The van der Waals surface area contributed by atoms with Crippen LogP contribution in [0.4, 0.5) is 5.82 Å². The highest BCUT2D eigenvalue weighted by molar-refractivity contribution is 6.02. The number of nitriles is 1. The summed E-state index contributed by atoms with van der Waals surface area (Å²) in [6.45, 7) is 4.63. The van der Waals surface area contributed by atoms with Crippen LogP contribution in [0, 0.1) is 18.3 Å². The summed E-state index contributed by atoms with van der Waals surface area (Å²) in [7, 11) is 1.52. The molecule has 1 N–H and O–H groups in total. The number of anilines is 1. The third kappa shape index (κ3) is 4.45. The summed E-state index contributed by atoms with van der Waals surface area (Å²) in [6, 6.07) is 5.52. The second kappa shape index (κ2) is 9.32. The van der Waals surface area contributed by atoms with Gasteiger partial charge in [-0.2, -0.15) is 5.26 Å². The third-order valence-electron chi connectivity index (χ3n) is 4.62. The number of hydrogen-bond acceptors (Lipinski definition) is 7. The third-order valence-corrected chi connectivity index (χ3v) is 4.62. The van der Waals surface area contributed by atoms with Crippen LogP contribution in [0.15, 0.2) is 28.7 Å². The lowest BCUT2D eigenvalue weighted by molar-refractivity contribution is -0.117. The molecule has 3 rings (SSSR count). The van der Waals surface area contributed by atoms with Gasteiger partial charge in [-0.05, 0) is 24.6 Å². The number of aryl methyl sites for hydroxylation is 1. The minimum Gasteiger partial charge on any atom is -0.383 e. The zero-order valence-corrected chi connectivity index (χ0v) is 16.5. The van der Waals surface area contributed by atoms with Gasteiger partial charge < -0.3 is 19.7 Å². The predicted octanol–water partition coefficient (Wildman–Crippen LogP) is 0.509. The Morgan fingerprint density at radius 1 is 1.45 bits per heavy atom. The minimum absolute atomic E-state index is 0.165. The first-order chi connectivity index (χ1) is 14.1. The molecular weight excluding hydrogens is 374 g/mol. The second-order valence-electron chi connectivity index (χ2n) is 6.56. The molecule has 9 heteroatoms. The summed E-state index contributed by atoms with van der Waals surface area (Å²) < 4.78 is 11.7. The summed E-state index contributed by atoms with van der Waals surface area (Å²) >= 11 is 0. The van der Waals surface area contributed by atoms with E-state index in [2.05, 4.69) is 5.32 Å². The molecule has 2 aromatic rings. The number of rotatable bonds is 6. The fourth-order valence-electron chi connectivity index (χ4n) is 3.10. The zero-order valence-electron chi connectivity index (χ0n) is 16.5. The Bertz CT molecular complexity index is 1030. The van der Waals surface area contributed by atoms with Gasteiger partial charge in [0.25, 0.3) is 11.5 Å². The van der Waals surface area contributed by atoms with Gasteiger partial charge in [-0.15, -0.1) is 0 Å². The van der Waals surface area contributed by atoms with E-state index in [1.807, 2.05) is 24.0 Å². The first kappa shape index (κ1) is 20.5. The summed E-state index contributed by atoms with van der Waals surface area (Å²) in [5.74, 6) is -0.115. The molecule has 0 spiro atoms. The SMILES string of the molecule is COCCNC(=O)C(C#N)=Cc1c(N2CCOCC2)nc2c(C)cccn2c1=O. The van der Waals surface area contributed by atoms with Crippen molar-refractivity contribution in [3.05, 3.63) is 45.4 Å². The molecule has 0 aliphatic carbocycles. The molecule has 0 atom stereocenters. The van der Waals surface area contributed by atoms with Gasteiger partial charge >= 0.3 is 0 Å². The molecule has 1 fully saturated rings. The molecule has 9 nitrogen and oxygen atoms in total. The number of ether oxygens (including phenoxy) is 2. The highest BCUT2D eigenvalue weighted by Gasteiger charge is 2.21. The molecule has 152 valence electrons. The Hall–Kier alpha value is -3.22. The summed E-state index contributed by atoms with van der Waals surface area (Å²) in [6.07, 6.45) is 2.94. The second-order valence-corrected chi connectivity index (χ2v) is 6.56. The number of hydrogen-bond donors (Lipinski definition) is 1. The molecule has 1 amide bonds. The van der Waals surface area contributed by atoms with Crippen LogP contribution >= 0.6 is 0 Å². The van der Waals surface area contributed by atoms with Crippen molar-refractivity contribution in [2.24, 2.45) is 0 Å². The Morgan fingerprint density at radius 2 is 2.21 bits per heavy atom. The molecule has 0 saturated carbocycles. The Balaban J connectivity index is 2.13. The average Bonchev–Trinajstić information content (AvgIpc) is 2.74. The van der Waals surface area contributed by atoms with Crippen molar-refractivity contribution < 1.29 is 14.3 Å². The van der Waals surface area contributed by atoms with Gasteiger partial charge in [0.2, 0.25) is 0 Å². The normalized spacial score (nSPS) is 14.7. The topological polar surface area (TPSA) is 109 Å². The van der Waals surface area contributed by atoms with E-state index in [1.54, 1.807) is 12.3 Å². The van der Waals surface area contributed by atoms with Crippen LogP contribution in [0.25, 0.3) is 11.7 Å². The van der Waals surface area contributed by atoms with E-state index in [-0.39, 0.29) is 23.2 Å². The van der Waals surface area contributed by atoms with Crippen LogP contribution in [-0.4, -0.2) is 61.9 Å². The van der Waals surface area contributed by atoms with Crippen molar-refractivity contribution >= 4 is 23.4 Å². The number of carbonyl (C=O) groups excluding carboxylic acids is 1. The van der Waals surface area contributed by atoms with Crippen LogP contribution < -0.4 is 15.8 Å². The number of aromatic nitrogens is 2. The Labute approximate surface area is 168 Å². The fraction of sp³-hybridized carbons (Fsp3) is 0.400. The number of amides is 1. The first-order valence-corrected chi connectivity index (χ1v) is 9.30. The number of nitrogens with one attached hydrogen (secondary N) is 1. The van der Waals surface area contributed by atoms with Crippen LogP contribution in [0.5, 0.6) is 0 Å². The van der Waals surface area contributed by atoms with E-state index in [4.69, 9.17) is 14.5 Å². The van der Waals surface area contributed by atoms with E-state index in [9.17, 15) is 14.9 Å². The van der Waals surface area contributed by atoms with Gasteiger partial charge in [-0.3, -0.25) is 14.0 Å². The van der Waals surface area contributed by atoms with Crippen molar-refractivity contribution in [3.63, 3.8) is 0 Å². The van der Waals surface area contributed by atoms with E-state index < -0.39 is 5.91 Å². The van der Waals surface area contributed by atoms with Crippen LogP contribution in [-0.2, 0) is 14.3 Å². The van der Waals surface area contributed by atoms with Gasteiger partial charge in [0.15, 0.2) is 0 Å². The minimum atomic E-state index is -0.564. The molecule has 1 saturated heterocycles. The fourth-order valence-corrected chi connectivity index (χ4v) is 3.10. The van der Waals surface area contributed by atoms with E-state index in [1.165, 1.54) is 17.6 Å². The summed E-state index contributed by atoms with van der Waals surface area (Å²) in [5, 5.41) is 12.1. The Kier molecular flexibility index (Phi) is 6.59. The average molecular weight is 397 g/mol. The van der Waals surface area contributed by atoms with Crippen molar-refractivity contribution in [2.45, 2.75) is 6.92 Å². The molecule has 3 heterocycles. The maximum absolute atomic E-state index is 13.2. The molecular formula is C20H23N5O4. The van der Waals surface area contributed by atoms with Gasteiger partial charge in [-0.25, -0.2) is 4.98 Å².